The largest absolute Gasteiger partial charge is 0.324 e. The summed E-state index contributed by atoms with van der Waals surface area (Å²) in [6, 6.07) is 3.12. The molecule has 84 valence electrons. The monoisotopic (exact) mass is 233 g/mol. The summed E-state index contributed by atoms with van der Waals surface area (Å²) in [7, 11) is 0. The van der Waals surface area contributed by atoms with Crippen LogP contribution in [0.3, 0.4) is 0 Å². The van der Waals surface area contributed by atoms with Crippen LogP contribution in [-0.4, -0.2) is 0 Å². The SMILES string of the molecule is Cl.NC(c1cc(F)ccc1F)C1CCC1. The Morgan fingerprint density at radius 1 is 1.27 bits per heavy atom. The molecule has 1 nitrogen and oxygen atoms in total. The zero-order valence-electron chi connectivity index (χ0n) is 8.25. The number of hydrogen-bond acceptors (Lipinski definition) is 1. The predicted molar refractivity (Wildman–Crippen MR) is 57.9 cm³/mol. The molecule has 0 aromatic heterocycles. The van der Waals surface area contributed by atoms with E-state index < -0.39 is 11.6 Å². The Bertz CT molecular complexity index is 339. The number of halogens is 3. The number of benzene rings is 1. The van der Waals surface area contributed by atoms with E-state index in [9.17, 15) is 8.78 Å². The molecular weight excluding hydrogens is 220 g/mol. The number of hydrogen-bond donors (Lipinski definition) is 1. The molecule has 0 amide bonds. The molecule has 0 heterocycles. The van der Waals surface area contributed by atoms with Gasteiger partial charge in [0.2, 0.25) is 0 Å². The lowest BCUT2D eigenvalue weighted by molar-refractivity contribution is 0.260. The molecule has 1 atom stereocenters. The van der Waals surface area contributed by atoms with Crippen molar-refractivity contribution in [3.05, 3.63) is 35.4 Å². The summed E-state index contributed by atoms with van der Waals surface area (Å²) in [5.41, 5.74) is 6.18. The lowest BCUT2D eigenvalue weighted by Gasteiger charge is -2.31. The summed E-state index contributed by atoms with van der Waals surface area (Å²) < 4.78 is 26.2. The van der Waals surface area contributed by atoms with E-state index in [0.29, 0.717) is 11.5 Å². The molecule has 0 saturated heterocycles. The maximum atomic E-state index is 13.3. The predicted octanol–water partition coefficient (Wildman–Crippen LogP) is 3.19. The molecule has 2 N–H and O–H groups in total. The first-order valence-corrected chi connectivity index (χ1v) is 4.89. The maximum Gasteiger partial charge on any atom is 0.128 e. The van der Waals surface area contributed by atoms with E-state index >= 15 is 0 Å². The van der Waals surface area contributed by atoms with Crippen LogP contribution in [0.2, 0.25) is 0 Å². The van der Waals surface area contributed by atoms with Crippen LogP contribution < -0.4 is 5.73 Å². The van der Waals surface area contributed by atoms with Crippen LogP contribution in [0.4, 0.5) is 8.78 Å². The highest BCUT2D eigenvalue weighted by atomic mass is 35.5. The van der Waals surface area contributed by atoms with E-state index in [2.05, 4.69) is 0 Å². The second kappa shape index (κ2) is 4.90. The van der Waals surface area contributed by atoms with Crippen molar-refractivity contribution in [1.82, 2.24) is 0 Å². The molecule has 2 rings (SSSR count). The summed E-state index contributed by atoms with van der Waals surface area (Å²) in [6.45, 7) is 0. The molecule has 4 heteroatoms. The Balaban J connectivity index is 0.00000112. The van der Waals surface area contributed by atoms with Gasteiger partial charge in [-0.2, -0.15) is 0 Å². The third-order valence-electron chi connectivity index (χ3n) is 2.97. The van der Waals surface area contributed by atoms with Crippen molar-refractivity contribution >= 4 is 12.4 Å². The Kier molecular flexibility index (Phi) is 4.05. The Hall–Kier alpha value is -0.670. The summed E-state index contributed by atoms with van der Waals surface area (Å²) in [5.74, 6) is -0.492. The first-order valence-electron chi connectivity index (χ1n) is 4.89. The fourth-order valence-electron chi connectivity index (χ4n) is 1.82. The van der Waals surface area contributed by atoms with Gasteiger partial charge in [-0.1, -0.05) is 6.42 Å². The van der Waals surface area contributed by atoms with Crippen molar-refractivity contribution < 1.29 is 8.78 Å². The highest BCUT2D eigenvalue weighted by molar-refractivity contribution is 5.85. The molecule has 1 saturated carbocycles. The molecule has 1 aliphatic carbocycles. The van der Waals surface area contributed by atoms with Crippen molar-refractivity contribution in [2.24, 2.45) is 11.7 Å². The van der Waals surface area contributed by atoms with Gasteiger partial charge in [-0.3, -0.25) is 0 Å². The third-order valence-corrected chi connectivity index (χ3v) is 2.97. The van der Waals surface area contributed by atoms with E-state index in [1.807, 2.05) is 0 Å². The van der Waals surface area contributed by atoms with Gasteiger partial charge in [-0.15, -0.1) is 12.4 Å². The van der Waals surface area contributed by atoms with Gasteiger partial charge in [0.1, 0.15) is 11.6 Å². The van der Waals surface area contributed by atoms with Gasteiger partial charge in [-0.25, -0.2) is 8.78 Å². The van der Waals surface area contributed by atoms with Crippen molar-refractivity contribution in [3.63, 3.8) is 0 Å². The Morgan fingerprint density at radius 3 is 2.47 bits per heavy atom. The van der Waals surface area contributed by atoms with Gasteiger partial charge in [-0.05, 0) is 37.0 Å². The van der Waals surface area contributed by atoms with Gasteiger partial charge < -0.3 is 5.73 Å². The summed E-state index contributed by atoms with van der Waals surface area (Å²) >= 11 is 0. The van der Waals surface area contributed by atoms with E-state index in [-0.39, 0.29) is 18.4 Å². The second-order valence-electron chi connectivity index (χ2n) is 3.88. The van der Waals surface area contributed by atoms with E-state index in [1.54, 1.807) is 0 Å². The highest BCUT2D eigenvalue weighted by Gasteiger charge is 2.27. The molecule has 1 fully saturated rings. The molecule has 15 heavy (non-hydrogen) atoms. The minimum Gasteiger partial charge on any atom is -0.324 e. The molecule has 0 aliphatic heterocycles. The van der Waals surface area contributed by atoms with Gasteiger partial charge in [0, 0.05) is 11.6 Å². The smallest absolute Gasteiger partial charge is 0.128 e. The zero-order valence-corrected chi connectivity index (χ0v) is 9.07. The molecule has 0 spiro atoms. The van der Waals surface area contributed by atoms with E-state index in [1.165, 1.54) is 6.07 Å². The normalized spacial score (nSPS) is 17.8. The first-order chi connectivity index (χ1) is 6.68. The molecule has 0 bridgehead atoms. The van der Waals surface area contributed by atoms with Gasteiger partial charge in [0.05, 0.1) is 0 Å². The highest BCUT2D eigenvalue weighted by Crippen LogP contribution is 2.36. The van der Waals surface area contributed by atoms with Gasteiger partial charge in [0.15, 0.2) is 0 Å². The molecular formula is C11H14ClF2N. The molecule has 1 aliphatic rings. The standard InChI is InChI=1S/C11H13F2N.ClH/c12-8-4-5-10(13)9(6-8)11(14)7-2-1-3-7;/h4-7,11H,1-3,14H2;1H. The second-order valence-corrected chi connectivity index (χ2v) is 3.88. The third kappa shape index (κ3) is 2.47. The first kappa shape index (κ1) is 12.4. The van der Waals surface area contributed by atoms with Crippen LogP contribution in [0.15, 0.2) is 18.2 Å². The summed E-state index contributed by atoms with van der Waals surface area (Å²) in [5, 5.41) is 0. The minimum atomic E-state index is -0.420. The van der Waals surface area contributed by atoms with Crippen molar-refractivity contribution in [3.8, 4) is 0 Å². The fraction of sp³-hybridized carbons (Fsp3) is 0.455. The van der Waals surface area contributed by atoms with E-state index in [0.717, 1.165) is 31.4 Å². The maximum absolute atomic E-state index is 13.3. The van der Waals surface area contributed by atoms with Crippen LogP contribution in [0.1, 0.15) is 30.9 Å². The Labute approximate surface area is 94.1 Å². The molecule has 1 aromatic rings. The number of rotatable bonds is 2. The fourth-order valence-corrected chi connectivity index (χ4v) is 1.82. The lowest BCUT2D eigenvalue weighted by atomic mass is 9.77. The summed E-state index contributed by atoms with van der Waals surface area (Å²) in [4.78, 5) is 0. The van der Waals surface area contributed by atoms with Gasteiger partial charge in [0.25, 0.3) is 0 Å². The van der Waals surface area contributed by atoms with Crippen molar-refractivity contribution in [2.45, 2.75) is 25.3 Å². The van der Waals surface area contributed by atoms with Crippen LogP contribution >= 0.6 is 12.4 Å². The van der Waals surface area contributed by atoms with Gasteiger partial charge >= 0.3 is 0 Å². The average Bonchev–Trinajstić information content (AvgIpc) is 2.06. The molecule has 0 radical (unpaired) electrons. The summed E-state index contributed by atoms with van der Waals surface area (Å²) in [6.07, 6.45) is 3.20. The Morgan fingerprint density at radius 2 is 1.93 bits per heavy atom. The van der Waals surface area contributed by atoms with Crippen LogP contribution in [0.25, 0.3) is 0 Å². The topological polar surface area (TPSA) is 26.0 Å². The number of nitrogens with two attached hydrogens (primary N) is 1. The zero-order chi connectivity index (χ0) is 10.1. The van der Waals surface area contributed by atoms with Crippen LogP contribution in [0.5, 0.6) is 0 Å². The van der Waals surface area contributed by atoms with Crippen LogP contribution in [0, 0.1) is 17.6 Å². The lowest BCUT2D eigenvalue weighted by Crippen LogP contribution is -2.27. The quantitative estimate of drug-likeness (QED) is 0.834. The molecule has 1 unspecified atom stereocenters. The minimum absolute atomic E-state index is 0. The molecule has 1 aromatic carbocycles. The average molecular weight is 234 g/mol. The van der Waals surface area contributed by atoms with Crippen molar-refractivity contribution in [2.75, 3.05) is 0 Å². The van der Waals surface area contributed by atoms with Crippen LogP contribution in [-0.2, 0) is 0 Å². The van der Waals surface area contributed by atoms with Crippen molar-refractivity contribution in [1.29, 1.82) is 0 Å². The van der Waals surface area contributed by atoms with E-state index in [4.69, 9.17) is 5.73 Å².